The largest absolute Gasteiger partial charge is 0.318 e. The summed E-state index contributed by atoms with van der Waals surface area (Å²) < 4.78 is 2.50. The number of halogens is 1. The quantitative estimate of drug-likeness (QED) is 0.855. The predicted octanol–water partition coefficient (Wildman–Crippen LogP) is 2.18. The molecule has 2 heterocycles. The van der Waals surface area contributed by atoms with Gasteiger partial charge in [0.25, 0.3) is 0 Å². The fourth-order valence-electron chi connectivity index (χ4n) is 1.24. The zero-order valence-electron chi connectivity index (χ0n) is 7.64. The maximum Gasteiger partial charge on any atom is 0.0931 e. The molecule has 0 spiro atoms. The maximum absolute atomic E-state index is 6.02. The van der Waals surface area contributed by atoms with Crippen LogP contribution in [0.1, 0.15) is 16.6 Å². The average Bonchev–Trinajstić information content (AvgIpc) is 2.73. The highest BCUT2D eigenvalue weighted by Gasteiger charge is 2.13. The van der Waals surface area contributed by atoms with Crippen molar-refractivity contribution in [3.63, 3.8) is 0 Å². The van der Waals surface area contributed by atoms with E-state index in [0.29, 0.717) is 0 Å². The van der Waals surface area contributed by atoms with Gasteiger partial charge >= 0.3 is 0 Å². The molecular weight excluding hydrogens is 218 g/mol. The monoisotopic (exact) mass is 227 g/mol. The smallest absolute Gasteiger partial charge is 0.0931 e. The third-order valence-electron chi connectivity index (χ3n) is 1.95. The lowest BCUT2D eigenvalue weighted by atomic mass is 10.2. The number of rotatable bonds is 2. The van der Waals surface area contributed by atoms with Crippen molar-refractivity contribution in [1.82, 2.24) is 9.78 Å². The van der Waals surface area contributed by atoms with Gasteiger partial charge in [-0.1, -0.05) is 11.6 Å². The third-order valence-corrected chi connectivity index (χ3v) is 3.27. The van der Waals surface area contributed by atoms with E-state index in [2.05, 4.69) is 5.10 Å². The lowest BCUT2D eigenvalue weighted by Crippen LogP contribution is -2.11. The van der Waals surface area contributed by atoms with Crippen LogP contribution in [0.15, 0.2) is 24.4 Å². The van der Waals surface area contributed by atoms with Crippen LogP contribution >= 0.6 is 22.9 Å². The zero-order chi connectivity index (χ0) is 10.1. The van der Waals surface area contributed by atoms with Gasteiger partial charge in [-0.3, -0.25) is 4.68 Å². The molecule has 5 heteroatoms. The Morgan fingerprint density at radius 1 is 1.50 bits per heavy atom. The molecule has 0 aliphatic heterocycles. The Morgan fingerprint density at radius 2 is 2.29 bits per heavy atom. The minimum Gasteiger partial charge on any atom is -0.318 e. The fourth-order valence-corrected chi connectivity index (χ4v) is 2.32. The van der Waals surface area contributed by atoms with E-state index in [-0.39, 0.29) is 6.04 Å². The van der Waals surface area contributed by atoms with Gasteiger partial charge in [0.15, 0.2) is 0 Å². The van der Waals surface area contributed by atoms with Crippen LogP contribution in [0.2, 0.25) is 4.34 Å². The summed E-state index contributed by atoms with van der Waals surface area (Å²) in [7, 11) is 1.87. The van der Waals surface area contributed by atoms with Gasteiger partial charge in [0.05, 0.1) is 16.1 Å². The Kier molecular flexibility index (Phi) is 2.58. The van der Waals surface area contributed by atoms with Gasteiger partial charge in [0, 0.05) is 18.1 Å². The van der Waals surface area contributed by atoms with E-state index in [1.807, 2.05) is 31.4 Å². The van der Waals surface area contributed by atoms with Gasteiger partial charge in [-0.25, -0.2) is 0 Å². The van der Waals surface area contributed by atoms with Crippen LogP contribution < -0.4 is 5.73 Å². The van der Waals surface area contributed by atoms with Crippen LogP contribution in [0.4, 0.5) is 0 Å². The van der Waals surface area contributed by atoms with Gasteiger partial charge in [-0.15, -0.1) is 11.3 Å². The summed E-state index contributed by atoms with van der Waals surface area (Å²) in [4.78, 5) is 1.04. The molecule has 0 saturated carbocycles. The van der Waals surface area contributed by atoms with E-state index in [4.69, 9.17) is 17.3 Å². The Morgan fingerprint density at radius 3 is 2.79 bits per heavy atom. The molecule has 74 valence electrons. The zero-order valence-corrected chi connectivity index (χ0v) is 9.22. The van der Waals surface area contributed by atoms with Crippen molar-refractivity contribution in [3.8, 4) is 0 Å². The van der Waals surface area contributed by atoms with Gasteiger partial charge in [0.2, 0.25) is 0 Å². The fraction of sp³-hybridized carbons (Fsp3) is 0.222. The van der Waals surface area contributed by atoms with Crippen LogP contribution in [0.25, 0.3) is 0 Å². The van der Waals surface area contributed by atoms with Gasteiger partial charge in [0.1, 0.15) is 0 Å². The number of nitrogens with zero attached hydrogens (tertiary/aromatic N) is 2. The molecule has 2 N–H and O–H groups in total. The minimum absolute atomic E-state index is 0.173. The Hall–Kier alpha value is -0.840. The summed E-state index contributed by atoms with van der Waals surface area (Å²) in [5, 5.41) is 4.25. The van der Waals surface area contributed by atoms with Crippen LogP contribution in [-0.2, 0) is 7.05 Å². The summed E-state index contributed by atoms with van der Waals surface area (Å²) in [5.74, 6) is 0. The second-order valence-corrected chi connectivity index (χ2v) is 4.78. The van der Waals surface area contributed by atoms with E-state index in [0.717, 1.165) is 14.9 Å². The van der Waals surface area contributed by atoms with Crippen molar-refractivity contribution in [2.75, 3.05) is 0 Å². The molecule has 0 aliphatic rings. The van der Waals surface area contributed by atoms with Crippen molar-refractivity contribution in [3.05, 3.63) is 39.3 Å². The number of aryl methyl sites for hydroxylation is 1. The molecule has 0 radical (unpaired) electrons. The molecule has 0 bridgehead atoms. The summed E-state index contributed by atoms with van der Waals surface area (Å²) in [5.41, 5.74) is 6.89. The first-order valence-corrected chi connectivity index (χ1v) is 5.36. The molecule has 2 aromatic heterocycles. The first-order valence-electron chi connectivity index (χ1n) is 4.17. The minimum atomic E-state index is -0.173. The average molecular weight is 228 g/mol. The highest BCUT2D eigenvalue weighted by molar-refractivity contribution is 7.16. The molecule has 14 heavy (non-hydrogen) atoms. The van der Waals surface area contributed by atoms with Crippen molar-refractivity contribution in [2.45, 2.75) is 6.04 Å². The van der Waals surface area contributed by atoms with Crippen LogP contribution in [0.5, 0.6) is 0 Å². The normalized spacial score (nSPS) is 13.1. The Labute approximate surface area is 91.1 Å². The Balaban J connectivity index is 2.28. The Bertz CT molecular complexity index is 394. The molecule has 3 nitrogen and oxygen atoms in total. The van der Waals surface area contributed by atoms with Crippen molar-refractivity contribution in [2.24, 2.45) is 12.8 Å². The van der Waals surface area contributed by atoms with Gasteiger partial charge < -0.3 is 5.73 Å². The second-order valence-electron chi connectivity index (χ2n) is 3.03. The van der Waals surface area contributed by atoms with E-state index in [1.54, 1.807) is 4.68 Å². The molecule has 0 amide bonds. The number of hydrogen-bond acceptors (Lipinski definition) is 3. The van der Waals surface area contributed by atoms with Crippen molar-refractivity contribution in [1.29, 1.82) is 0 Å². The van der Waals surface area contributed by atoms with Crippen molar-refractivity contribution >= 4 is 22.9 Å². The van der Waals surface area contributed by atoms with E-state index in [1.165, 1.54) is 11.3 Å². The summed E-state index contributed by atoms with van der Waals surface area (Å²) >= 11 is 7.33. The van der Waals surface area contributed by atoms with Crippen LogP contribution in [-0.4, -0.2) is 9.78 Å². The van der Waals surface area contributed by atoms with E-state index < -0.39 is 0 Å². The summed E-state index contributed by atoms with van der Waals surface area (Å²) in [6.45, 7) is 0. The SMILES string of the molecule is Cn1ccc(C(N)c2ccc(Cl)s2)n1. The van der Waals surface area contributed by atoms with Crippen LogP contribution in [0, 0.1) is 0 Å². The third kappa shape index (κ3) is 1.82. The molecule has 1 atom stereocenters. The molecular formula is C9H10ClN3S. The number of aromatic nitrogens is 2. The highest BCUT2D eigenvalue weighted by Crippen LogP contribution is 2.28. The maximum atomic E-state index is 6.02. The lowest BCUT2D eigenvalue weighted by molar-refractivity contribution is 0.720. The molecule has 0 aliphatic carbocycles. The molecule has 0 saturated heterocycles. The molecule has 2 aromatic rings. The van der Waals surface area contributed by atoms with Crippen molar-refractivity contribution < 1.29 is 0 Å². The summed E-state index contributed by atoms with van der Waals surface area (Å²) in [6.07, 6.45) is 1.88. The van der Waals surface area contributed by atoms with Crippen LogP contribution in [0.3, 0.4) is 0 Å². The van der Waals surface area contributed by atoms with E-state index in [9.17, 15) is 0 Å². The lowest BCUT2D eigenvalue weighted by Gasteiger charge is -2.04. The number of hydrogen-bond donors (Lipinski definition) is 1. The predicted molar refractivity (Wildman–Crippen MR) is 58.6 cm³/mol. The van der Waals surface area contributed by atoms with Gasteiger partial charge in [-0.05, 0) is 18.2 Å². The summed E-state index contributed by atoms with van der Waals surface area (Å²) in [6, 6.07) is 5.53. The molecule has 0 aromatic carbocycles. The molecule has 0 fully saturated rings. The van der Waals surface area contributed by atoms with E-state index >= 15 is 0 Å². The van der Waals surface area contributed by atoms with Gasteiger partial charge in [-0.2, -0.15) is 5.10 Å². The highest BCUT2D eigenvalue weighted by atomic mass is 35.5. The standard InChI is InChI=1S/C9H10ClN3S/c1-13-5-4-6(12-13)9(11)7-2-3-8(10)14-7/h2-5,9H,11H2,1H3. The number of thiophene rings is 1. The first-order chi connectivity index (χ1) is 6.66. The number of nitrogens with two attached hydrogens (primary N) is 1. The topological polar surface area (TPSA) is 43.8 Å². The molecule has 1 unspecified atom stereocenters. The second kappa shape index (κ2) is 3.73. The molecule has 2 rings (SSSR count). The first kappa shape index (κ1) is 9.71.